The number of rotatable bonds is 4. The van der Waals surface area contributed by atoms with Gasteiger partial charge in [-0.05, 0) is 45.0 Å². The lowest BCUT2D eigenvalue weighted by Crippen LogP contribution is -2.30. The summed E-state index contributed by atoms with van der Waals surface area (Å²) in [6.45, 7) is 5.32. The van der Waals surface area contributed by atoms with Crippen molar-refractivity contribution in [1.82, 2.24) is 0 Å². The van der Waals surface area contributed by atoms with Crippen molar-refractivity contribution >= 4 is 29.7 Å². The predicted octanol–water partition coefficient (Wildman–Crippen LogP) is 4.12. The summed E-state index contributed by atoms with van der Waals surface area (Å²) in [6, 6.07) is 13.3. The van der Waals surface area contributed by atoms with E-state index in [0.717, 1.165) is 6.29 Å². The number of para-hydroxylation sites is 2. The second-order valence-corrected chi connectivity index (χ2v) is 6.75. The number of nitrogens with zero attached hydrogens (tertiary/aromatic N) is 1. The van der Waals surface area contributed by atoms with Crippen LogP contribution in [0.1, 0.15) is 41.5 Å². The number of aldehydes is 1. The van der Waals surface area contributed by atoms with Gasteiger partial charge in [0.15, 0.2) is 0 Å². The molecule has 2 aromatic carbocycles. The molecule has 1 N–H and O–H groups in total. The third kappa shape index (κ3) is 4.92. The Morgan fingerprint density at radius 2 is 1.65 bits per heavy atom. The molecule has 0 saturated heterocycles. The van der Waals surface area contributed by atoms with Gasteiger partial charge in [-0.3, -0.25) is 14.9 Å². The molecule has 6 heteroatoms. The van der Waals surface area contributed by atoms with Crippen molar-refractivity contribution in [3.63, 3.8) is 0 Å². The van der Waals surface area contributed by atoms with Gasteiger partial charge in [0, 0.05) is 18.2 Å². The van der Waals surface area contributed by atoms with Gasteiger partial charge in [0.2, 0.25) is 0 Å². The number of benzene rings is 2. The van der Waals surface area contributed by atoms with E-state index in [2.05, 4.69) is 5.32 Å². The van der Waals surface area contributed by atoms with E-state index in [9.17, 15) is 14.4 Å². The van der Waals surface area contributed by atoms with Gasteiger partial charge in [0.05, 0.1) is 11.4 Å². The molecule has 0 aliphatic rings. The highest BCUT2D eigenvalue weighted by atomic mass is 16.6. The number of hydrogen-bond acceptors (Lipinski definition) is 4. The van der Waals surface area contributed by atoms with Crippen LogP contribution in [0.4, 0.5) is 16.2 Å². The van der Waals surface area contributed by atoms with E-state index >= 15 is 0 Å². The SMILES string of the molecule is CN(C(=O)c1ccc(C=O)cc1)c1ccccc1NC(=O)OC(C)(C)C. The molecular formula is C20H22N2O4. The zero-order valence-electron chi connectivity index (χ0n) is 15.3. The lowest BCUT2D eigenvalue weighted by atomic mass is 10.1. The van der Waals surface area contributed by atoms with Crippen LogP contribution in [0.25, 0.3) is 0 Å². The first kappa shape index (κ1) is 19.2. The quantitative estimate of drug-likeness (QED) is 0.838. The van der Waals surface area contributed by atoms with Gasteiger partial charge in [-0.15, -0.1) is 0 Å². The van der Waals surface area contributed by atoms with Crippen LogP contribution in [0.3, 0.4) is 0 Å². The summed E-state index contributed by atoms with van der Waals surface area (Å²) in [5, 5.41) is 2.67. The van der Waals surface area contributed by atoms with Crippen LogP contribution in [0, 0.1) is 0 Å². The van der Waals surface area contributed by atoms with E-state index in [1.165, 1.54) is 4.90 Å². The summed E-state index contributed by atoms with van der Waals surface area (Å²) < 4.78 is 5.26. The average Bonchev–Trinajstić information content (AvgIpc) is 2.59. The van der Waals surface area contributed by atoms with Gasteiger partial charge in [-0.2, -0.15) is 0 Å². The van der Waals surface area contributed by atoms with Crippen molar-refractivity contribution < 1.29 is 19.1 Å². The van der Waals surface area contributed by atoms with Gasteiger partial charge in [-0.25, -0.2) is 4.79 Å². The van der Waals surface area contributed by atoms with E-state index in [0.29, 0.717) is 22.5 Å². The number of carbonyl (C=O) groups is 3. The van der Waals surface area contributed by atoms with Crippen LogP contribution in [0.2, 0.25) is 0 Å². The highest BCUT2D eigenvalue weighted by molar-refractivity contribution is 6.08. The first-order valence-corrected chi connectivity index (χ1v) is 8.13. The average molecular weight is 354 g/mol. The van der Waals surface area contributed by atoms with Gasteiger partial charge in [-0.1, -0.05) is 24.3 Å². The first-order valence-electron chi connectivity index (χ1n) is 8.13. The van der Waals surface area contributed by atoms with E-state index in [4.69, 9.17) is 4.74 Å². The van der Waals surface area contributed by atoms with E-state index in [1.54, 1.807) is 76.3 Å². The van der Waals surface area contributed by atoms with Crippen molar-refractivity contribution in [3.05, 3.63) is 59.7 Å². The van der Waals surface area contributed by atoms with Crippen molar-refractivity contribution in [2.75, 3.05) is 17.3 Å². The fraction of sp³-hybridized carbons (Fsp3) is 0.250. The van der Waals surface area contributed by atoms with Crippen molar-refractivity contribution in [2.45, 2.75) is 26.4 Å². The van der Waals surface area contributed by atoms with Crippen LogP contribution >= 0.6 is 0 Å². The molecule has 2 rings (SSSR count). The number of nitrogens with one attached hydrogen (secondary N) is 1. The molecule has 0 aliphatic heterocycles. The smallest absolute Gasteiger partial charge is 0.412 e. The number of anilines is 2. The van der Waals surface area contributed by atoms with Crippen LogP contribution in [-0.4, -0.2) is 30.9 Å². The highest BCUT2D eigenvalue weighted by Gasteiger charge is 2.20. The van der Waals surface area contributed by atoms with E-state index in [-0.39, 0.29) is 5.91 Å². The zero-order valence-corrected chi connectivity index (χ0v) is 15.3. The number of ether oxygens (including phenoxy) is 1. The maximum absolute atomic E-state index is 12.7. The van der Waals surface area contributed by atoms with Crippen molar-refractivity contribution in [1.29, 1.82) is 0 Å². The zero-order chi connectivity index (χ0) is 19.3. The summed E-state index contributed by atoms with van der Waals surface area (Å²) in [5.41, 5.74) is 1.30. The Labute approximate surface area is 152 Å². The molecule has 26 heavy (non-hydrogen) atoms. The number of amides is 2. The molecule has 0 spiro atoms. The lowest BCUT2D eigenvalue weighted by molar-refractivity contribution is 0.0635. The van der Waals surface area contributed by atoms with Crippen LogP contribution < -0.4 is 10.2 Å². The van der Waals surface area contributed by atoms with E-state index in [1.807, 2.05) is 0 Å². The molecule has 0 aromatic heterocycles. The van der Waals surface area contributed by atoms with Crippen molar-refractivity contribution in [2.24, 2.45) is 0 Å². The summed E-state index contributed by atoms with van der Waals surface area (Å²) in [6.07, 6.45) is 0.124. The topological polar surface area (TPSA) is 75.7 Å². The van der Waals surface area contributed by atoms with Crippen LogP contribution in [-0.2, 0) is 4.74 Å². The molecule has 0 bridgehead atoms. The molecule has 0 atom stereocenters. The summed E-state index contributed by atoms with van der Waals surface area (Å²) in [7, 11) is 1.62. The Bertz CT molecular complexity index is 807. The molecule has 136 valence electrons. The summed E-state index contributed by atoms with van der Waals surface area (Å²) in [5.74, 6) is -0.263. The minimum atomic E-state index is -0.624. The highest BCUT2D eigenvalue weighted by Crippen LogP contribution is 2.26. The molecule has 0 unspecified atom stereocenters. The minimum absolute atomic E-state index is 0.263. The van der Waals surface area contributed by atoms with Crippen molar-refractivity contribution in [3.8, 4) is 0 Å². The second kappa shape index (κ2) is 7.82. The summed E-state index contributed by atoms with van der Waals surface area (Å²) in [4.78, 5) is 36.9. The van der Waals surface area contributed by atoms with Gasteiger partial charge < -0.3 is 9.64 Å². The molecule has 2 amide bonds. The third-order valence-electron chi connectivity index (χ3n) is 3.50. The molecule has 0 aliphatic carbocycles. The Hall–Kier alpha value is -3.15. The number of hydrogen-bond donors (Lipinski definition) is 1. The first-order chi connectivity index (χ1) is 12.2. The lowest BCUT2D eigenvalue weighted by Gasteiger charge is -2.23. The molecule has 0 saturated carbocycles. The molecular weight excluding hydrogens is 332 g/mol. The maximum Gasteiger partial charge on any atom is 0.412 e. The fourth-order valence-corrected chi connectivity index (χ4v) is 2.29. The monoisotopic (exact) mass is 354 g/mol. The Morgan fingerprint density at radius 3 is 2.23 bits per heavy atom. The van der Waals surface area contributed by atoms with Crippen LogP contribution in [0.15, 0.2) is 48.5 Å². The normalized spacial score (nSPS) is 10.8. The fourth-order valence-electron chi connectivity index (χ4n) is 2.29. The largest absolute Gasteiger partial charge is 0.444 e. The van der Waals surface area contributed by atoms with Gasteiger partial charge in [0.1, 0.15) is 11.9 Å². The minimum Gasteiger partial charge on any atom is -0.444 e. The molecule has 0 heterocycles. The van der Waals surface area contributed by atoms with Crippen LogP contribution in [0.5, 0.6) is 0 Å². The Morgan fingerprint density at radius 1 is 1.04 bits per heavy atom. The maximum atomic E-state index is 12.7. The Balaban J connectivity index is 2.23. The molecule has 0 radical (unpaired) electrons. The molecule has 0 fully saturated rings. The predicted molar refractivity (Wildman–Crippen MR) is 101 cm³/mol. The molecule has 6 nitrogen and oxygen atoms in total. The standard InChI is InChI=1S/C20H22N2O4/c1-20(2,3)26-19(25)21-16-7-5-6-8-17(16)22(4)18(24)15-11-9-14(13-23)10-12-15/h5-13H,1-4H3,(H,21,25). The van der Waals surface area contributed by atoms with E-state index < -0.39 is 11.7 Å². The summed E-state index contributed by atoms with van der Waals surface area (Å²) >= 11 is 0. The van der Waals surface area contributed by atoms with Gasteiger partial charge >= 0.3 is 6.09 Å². The second-order valence-electron chi connectivity index (χ2n) is 6.75. The Kier molecular flexibility index (Phi) is 5.77. The number of carbonyl (C=O) groups excluding carboxylic acids is 3. The third-order valence-corrected chi connectivity index (χ3v) is 3.50. The van der Waals surface area contributed by atoms with Gasteiger partial charge in [0.25, 0.3) is 5.91 Å². The molecule has 2 aromatic rings.